The molecule has 0 amide bonds. The van der Waals surface area contributed by atoms with Crippen LogP contribution in [0.5, 0.6) is 0 Å². The topological polar surface area (TPSA) is 86.5 Å². The molecule has 1 unspecified atom stereocenters. The average Bonchev–Trinajstić information content (AvgIpc) is 1.82. The lowest BCUT2D eigenvalue weighted by atomic mass is 10.5. The molecule has 66 valence electrons. The van der Waals surface area contributed by atoms with E-state index in [0.29, 0.717) is 0 Å². The van der Waals surface area contributed by atoms with Gasteiger partial charge in [0.15, 0.2) is 0 Å². The molecule has 0 aromatic carbocycles. The van der Waals surface area contributed by atoms with Crippen LogP contribution in [-0.4, -0.2) is 32.6 Å². The number of primary sulfonamides is 1. The molecule has 0 bridgehead atoms. The molecule has 0 aliphatic carbocycles. The molecule has 0 aliphatic heterocycles. The van der Waals surface area contributed by atoms with Crippen LogP contribution in [0.25, 0.3) is 0 Å². The molecule has 0 heterocycles. The SMILES string of the molecule is COC(=O)C(Cl)CS(N)(=O)=O. The Morgan fingerprint density at radius 3 is 2.45 bits per heavy atom. The fourth-order valence-electron chi connectivity index (χ4n) is 0.400. The van der Waals surface area contributed by atoms with Crippen molar-refractivity contribution < 1.29 is 17.9 Å². The highest BCUT2D eigenvalue weighted by molar-refractivity contribution is 7.89. The van der Waals surface area contributed by atoms with Gasteiger partial charge in [-0.25, -0.2) is 13.6 Å². The fraction of sp³-hybridized carbons (Fsp3) is 0.750. The van der Waals surface area contributed by atoms with Crippen LogP contribution in [0.4, 0.5) is 0 Å². The molecule has 0 saturated heterocycles. The second-order valence-corrected chi connectivity index (χ2v) is 4.01. The van der Waals surface area contributed by atoms with Gasteiger partial charge in [0, 0.05) is 0 Å². The summed E-state index contributed by atoms with van der Waals surface area (Å²) in [6.45, 7) is 0. The number of nitrogens with two attached hydrogens (primary N) is 1. The number of rotatable bonds is 3. The number of carbonyl (C=O) groups is 1. The van der Waals surface area contributed by atoms with Gasteiger partial charge in [0.1, 0.15) is 5.38 Å². The number of hydrogen-bond acceptors (Lipinski definition) is 4. The summed E-state index contributed by atoms with van der Waals surface area (Å²) in [5, 5.41) is 3.38. The molecule has 0 spiro atoms. The van der Waals surface area contributed by atoms with E-state index in [-0.39, 0.29) is 0 Å². The highest BCUT2D eigenvalue weighted by atomic mass is 35.5. The van der Waals surface area contributed by atoms with Gasteiger partial charge in [0.25, 0.3) is 0 Å². The Kier molecular flexibility index (Phi) is 3.77. The number of carbonyl (C=O) groups excluding carboxylic acids is 1. The first-order valence-electron chi connectivity index (χ1n) is 2.59. The first kappa shape index (κ1) is 10.7. The molecule has 0 radical (unpaired) electrons. The molecular weight excluding hydrogens is 194 g/mol. The molecule has 1 atom stereocenters. The van der Waals surface area contributed by atoms with E-state index in [1.165, 1.54) is 0 Å². The summed E-state index contributed by atoms with van der Waals surface area (Å²) in [7, 11) is -2.60. The second-order valence-electron chi connectivity index (χ2n) is 1.82. The zero-order chi connectivity index (χ0) is 9.07. The summed E-state index contributed by atoms with van der Waals surface area (Å²) >= 11 is 5.28. The first-order chi connectivity index (χ1) is 4.87. The van der Waals surface area contributed by atoms with Crippen molar-refractivity contribution in [1.82, 2.24) is 0 Å². The van der Waals surface area contributed by atoms with E-state index >= 15 is 0 Å². The summed E-state index contributed by atoms with van der Waals surface area (Å²) in [6.07, 6.45) is 0. The standard InChI is InChI=1S/C4H8ClNO4S/c1-10-4(7)3(5)2-11(6,8)9/h3H,2H2,1H3,(H2,6,8,9). The summed E-state index contributed by atoms with van der Waals surface area (Å²) in [4.78, 5) is 10.5. The van der Waals surface area contributed by atoms with Crippen LogP contribution in [0, 0.1) is 0 Å². The van der Waals surface area contributed by atoms with Gasteiger partial charge in [-0.05, 0) is 0 Å². The van der Waals surface area contributed by atoms with Crippen LogP contribution in [0.3, 0.4) is 0 Å². The van der Waals surface area contributed by atoms with E-state index < -0.39 is 27.1 Å². The van der Waals surface area contributed by atoms with Crippen molar-refractivity contribution >= 4 is 27.6 Å². The van der Waals surface area contributed by atoms with Crippen LogP contribution < -0.4 is 5.14 Å². The van der Waals surface area contributed by atoms with Gasteiger partial charge < -0.3 is 4.74 Å². The Labute approximate surface area is 69.5 Å². The minimum Gasteiger partial charge on any atom is -0.468 e. The third-order valence-electron chi connectivity index (χ3n) is 0.836. The predicted molar refractivity (Wildman–Crippen MR) is 39.6 cm³/mol. The van der Waals surface area contributed by atoms with E-state index in [1.54, 1.807) is 0 Å². The van der Waals surface area contributed by atoms with E-state index in [1.807, 2.05) is 0 Å². The normalized spacial score (nSPS) is 14.1. The highest BCUT2D eigenvalue weighted by Gasteiger charge is 2.21. The predicted octanol–water partition coefficient (Wildman–Crippen LogP) is -0.945. The van der Waals surface area contributed by atoms with Crippen LogP contribution >= 0.6 is 11.6 Å². The van der Waals surface area contributed by atoms with Gasteiger partial charge >= 0.3 is 5.97 Å². The minimum absolute atomic E-state index is 0.610. The van der Waals surface area contributed by atoms with Crippen molar-refractivity contribution in [3.63, 3.8) is 0 Å². The number of methoxy groups -OCH3 is 1. The Hall–Kier alpha value is -0.330. The summed E-state index contributed by atoms with van der Waals surface area (Å²) in [5.74, 6) is -1.41. The summed E-state index contributed by atoms with van der Waals surface area (Å²) < 4.78 is 24.9. The largest absolute Gasteiger partial charge is 0.468 e. The number of ether oxygens (including phenoxy) is 1. The van der Waals surface area contributed by atoms with Crippen LogP contribution in [0.2, 0.25) is 0 Å². The van der Waals surface area contributed by atoms with Gasteiger partial charge in [-0.1, -0.05) is 0 Å². The Morgan fingerprint density at radius 1 is 1.73 bits per heavy atom. The third-order valence-corrected chi connectivity index (χ3v) is 2.15. The van der Waals surface area contributed by atoms with Crippen molar-refractivity contribution in [2.75, 3.05) is 12.9 Å². The van der Waals surface area contributed by atoms with E-state index in [4.69, 9.17) is 11.6 Å². The van der Waals surface area contributed by atoms with Crippen molar-refractivity contribution in [3.05, 3.63) is 0 Å². The maximum atomic E-state index is 10.5. The molecule has 0 saturated carbocycles. The van der Waals surface area contributed by atoms with E-state index in [2.05, 4.69) is 9.88 Å². The Morgan fingerprint density at radius 2 is 2.18 bits per heavy atom. The number of hydrogen-bond donors (Lipinski definition) is 1. The smallest absolute Gasteiger partial charge is 0.324 e. The van der Waals surface area contributed by atoms with Gasteiger partial charge in [-0.2, -0.15) is 0 Å². The number of esters is 1. The van der Waals surface area contributed by atoms with Gasteiger partial charge in [-0.3, -0.25) is 4.79 Å². The second kappa shape index (κ2) is 3.89. The fourth-order valence-corrected chi connectivity index (χ4v) is 1.56. The number of halogens is 1. The lowest BCUT2D eigenvalue weighted by molar-refractivity contribution is -0.139. The van der Waals surface area contributed by atoms with Gasteiger partial charge in [0.05, 0.1) is 12.9 Å². The quantitative estimate of drug-likeness (QED) is 0.472. The number of sulfonamides is 1. The van der Waals surface area contributed by atoms with Gasteiger partial charge in [-0.15, -0.1) is 11.6 Å². The molecule has 11 heavy (non-hydrogen) atoms. The minimum atomic E-state index is -3.71. The number of alkyl halides is 1. The monoisotopic (exact) mass is 201 g/mol. The van der Waals surface area contributed by atoms with Crippen molar-refractivity contribution in [1.29, 1.82) is 0 Å². The highest BCUT2D eigenvalue weighted by Crippen LogP contribution is 2.00. The molecule has 0 aromatic heterocycles. The van der Waals surface area contributed by atoms with Gasteiger partial charge in [0.2, 0.25) is 10.0 Å². The van der Waals surface area contributed by atoms with Crippen LogP contribution in [-0.2, 0) is 19.6 Å². The first-order valence-corrected chi connectivity index (χ1v) is 4.74. The molecule has 0 fully saturated rings. The third kappa shape index (κ3) is 5.00. The Balaban J connectivity index is 4.09. The van der Waals surface area contributed by atoms with E-state index in [9.17, 15) is 13.2 Å². The maximum absolute atomic E-state index is 10.5. The Bertz CT molecular complexity index is 236. The molecule has 0 aliphatic rings. The molecular formula is C4H8ClNO4S. The molecule has 5 nitrogen and oxygen atoms in total. The summed E-state index contributed by atoms with van der Waals surface area (Å²) in [6, 6.07) is 0. The van der Waals surface area contributed by atoms with Crippen molar-refractivity contribution in [2.45, 2.75) is 5.38 Å². The zero-order valence-electron chi connectivity index (χ0n) is 5.78. The maximum Gasteiger partial charge on any atom is 0.324 e. The molecule has 0 rings (SSSR count). The zero-order valence-corrected chi connectivity index (χ0v) is 7.35. The summed E-state index contributed by atoms with van der Waals surface area (Å²) in [5.41, 5.74) is 0. The van der Waals surface area contributed by atoms with Crippen molar-refractivity contribution in [3.8, 4) is 0 Å². The molecule has 2 N–H and O–H groups in total. The average molecular weight is 202 g/mol. The molecule has 7 heteroatoms. The molecule has 0 aromatic rings. The van der Waals surface area contributed by atoms with Crippen molar-refractivity contribution in [2.24, 2.45) is 5.14 Å². The van der Waals surface area contributed by atoms with Crippen LogP contribution in [0.15, 0.2) is 0 Å². The lowest BCUT2D eigenvalue weighted by Crippen LogP contribution is -2.29. The van der Waals surface area contributed by atoms with E-state index in [0.717, 1.165) is 7.11 Å². The van der Waals surface area contributed by atoms with Crippen LogP contribution in [0.1, 0.15) is 0 Å². The lowest BCUT2D eigenvalue weighted by Gasteiger charge is -2.03.